The average molecular weight is 462 g/mol. The van der Waals surface area contributed by atoms with Gasteiger partial charge in [0.25, 0.3) is 5.56 Å². The number of para-hydroxylation sites is 2. The minimum absolute atomic E-state index is 0.0246. The van der Waals surface area contributed by atoms with E-state index in [9.17, 15) is 9.59 Å². The second-order valence-corrected chi connectivity index (χ2v) is 9.15. The molecule has 1 aromatic heterocycles. The van der Waals surface area contributed by atoms with Gasteiger partial charge in [0.1, 0.15) is 5.82 Å². The van der Waals surface area contributed by atoms with Crippen LogP contribution in [0.3, 0.4) is 0 Å². The Morgan fingerprint density at radius 2 is 1.82 bits per heavy atom. The molecule has 0 saturated heterocycles. The summed E-state index contributed by atoms with van der Waals surface area (Å²) in [7, 11) is 1.65. The van der Waals surface area contributed by atoms with E-state index in [0.717, 1.165) is 43.4 Å². The highest BCUT2D eigenvalue weighted by Crippen LogP contribution is 2.30. The third-order valence-electron chi connectivity index (χ3n) is 7.03. The molecule has 1 amide bonds. The monoisotopic (exact) mass is 461 g/mol. The molecule has 34 heavy (non-hydrogen) atoms. The van der Waals surface area contributed by atoms with Gasteiger partial charge in [-0.15, -0.1) is 0 Å². The second kappa shape index (κ2) is 11.0. The van der Waals surface area contributed by atoms with E-state index in [1.807, 2.05) is 60.4 Å². The minimum Gasteiger partial charge on any atom is -0.383 e. The molecule has 1 atom stereocenters. The number of hydrogen-bond donors (Lipinski definition) is 0. The number of hydrogen-bond acceptors (Lipinski definition) is 4. The van der Waals surface area contributed by atoms with Gasteiger partial charge in [0.2, 0.25) is 5.91 Å². The van der Waals surface area contributed by atoms with Gasteiger partial charge < -0.3 is 9.64 Å². The van der Waals surface area contributed by atoms with Crippen LogP contribution in [0.5, 0.6) is 0 Å². The zero-order chi connectivity index (χ0) is 24.1. The molecular weight excluding hydrogens is 426 g/mol. The molecule has 2 aromatic carbocycles. The molecule has 0 aliphatic heterocycles. The number of nitrogens with zero attached hydrogens (tertiary/aromatic N) is 3. The normalized spacial score (nSPS) is 15.4. The SMILES string of the molecule is CCc1ccccc1-n1c(C(C)N(CCOC)C(=O)C2CCCCC2)nc2ccccc2c1=O. The van der Waals surface area contributed by atoms with Crippen LogP contribution in [0.15, 0.2) is 53.3 Å². The van der Waals surface area contributed by atoms with Gasteiger partial charge in [0.05, 0.1) is 29.2 Å². The molecule has 0 spiro atoms. The van der Waals surface area contributed by atoms with Gasteiger partial charge in [-0.25, -0.2) is 4.98 Å². The third kappa shape index (κ3) is 4.78. The highest BCUT2D eigenvalue weighted by molar-refractivity contribution is 5.80. The van der Waals surface area contributed by atoms with Crippen molar-refractivity contribution in [1.29, 1.82) is 0 Å². The zero-order valence-electron chi connectivity index (χ0n) is 20.5. The quantitative estimate of drug-likeness (QED) is 0.470. The van der Waals surface area contributed by atoms with E-state index < -0.39 is 0 Å². The first-order valence-corrected chi connectivity index (χ1v) is 12.5. The number of ether oxygens (including phenoxy) is 1. The summed E-state index contributed by atoms with van der Waals surface area (Å²) in [5, 5.41) is 0.575. The van der Waals surface area contributed by atoms with E-state index in [1.54, 1.807) is 11.7 Å². The molecule has 1 unspecified atom stereocenters. The van der Waals surface area contributed by atoms with Crippen LogP contribution >= 0.6 is 0 Å². The average Bonchev–Trinajstić information content (AvgIpc) is 2.89. The van der Waals surface area contributed by atoms with E-state index in [-0.39, 0.29) is 23.4 Å². The lowest BCUT2D eigenvalue weighted by Crippen LogP contribution is -2.42. The summed E-state index contributed by atoms with van der Waals surface area (Å²) in [5.74, 6) is 0.753. The van der Waals surface area contributed by atoms with Crippen LogP contribution in [0.1, 0.15) is 63.4 Å². The Balaban J connectivity index is 1.88. The Morgan fingerprint density at radius 3 is 2.56 bits per heavy atom. The molecule has 0 radical (unpaired) electrons. The highest BCUT2D eigenvalue weighted by Gasteiger charge is 2.32. The summed E-state index contributed by atoms with van der Waals surface area (Å²) in [6.45, 7) is 4.97. The summed E-state index contributed by atoms with van der Waals surface area (Å²) in [6, 6.07) is 15.0. The maximum Gasteiger partial charge on any atom is 0.266 e. The fourth-order valence-electron chi connectivity index (χ4n) is 5.10. The Morgan fingerprint density at radius 1 is 1.12 bits per heavy atom. The first-order chi connectivity index (χ1) is 16.6. The summed E-state index contributed by atoms with van der Waals surface area (Å²) < 4.78 is 7.08. The van der Waals surface area contributed by atoms with Crippen molar-refractivity contribution in [3.8, 4) is 5.69 Å². The first-order valence-electron chi connectivity index (χ1n) is 12.5. The van der Waals surface area contributed by atoms with Gasteiger partial charge in [0, 0.05) is 19.6 Å². The van der Waals surface area contributed by atoms with Gasteiger partial charge in [-0.3, -0.25) is 14.2 Å². The van der Waals surface area contributed by atoms with Gasteiger partial charge >= 0.3 is 0 Å². The predicted molar refractivity (Wildman–Crippen MR) is 135 cm³/mol. The molecule has 3 aromatic rings. The lowest BCUT2D eigenvalue weighted by molar-refractivity contribution is -0.139. The molecule has 0 bridgehead atoms. The van der Waals surface area contributed by atoms with E-state index >= 15 is 0 Å². The Kier molecular flexibility index (Phi) is 7.78. The van der Waals surface area contributed by atoms with Crippen molar-refractivity contribution in [2.45, 2.75) is 58.4 Å². The number of benzene rings is 2. The molecule has 1 saturated carbocycles. The molecule has 1 aliphatic rings. The predicted octanol–water partition coefficient (Wildman–Crippen LogP) is 5.06. The standard InChI is InChI=1S/C28H35N3O3/c1-4-21-12-8-11-17-25(21)31-26(29-24-16-10-9-15-23(24)28(31)33)20(2)30(18-19-34-3)27(32)22-13-6-5-7-14-22/h8-12,15-17,20,22H,4-7,13-14,18-19H2,1-3H3. The maximum atomic E-state index is 13.8. The van der Waals surface area contributed by atoms with E-state index in [1.165, 1.54) is 6.42 Å². The van der Waals surface area contributed by atoms with Crippen molar-refractivity contribution in [2.24, 2.45) is 5.92 Å². The minimum atomic E-state index is -0.383. The maximum absolute atomic E-state index is 13.8. The molecular formula is C28H35N3O3. The molecule has 0 N–H and O–H groups in total. The number of aromatic nitrogens is 2. The number of carbonyl (C=O) groups excluding carboxylic acids is 1. The van der Waals surface area contributed by atoms with Gasteiger partial charge in [-0.1, -0.05) is 56.5 Å². The number of methoxy groups -OCH3 is 1. The Hall–Kier alpha value is -2.99. The molecule has 6 heteroatoms. The van der Waals surface area contributed by atoms with Crippen LogP contribution in [-0.4, -0.2) is 40.6 Å². The van der Waals surface area contributed by atoms with Crippen LogP contribution in [0, 0.1) is 5.92 Å². The lowest BCUT2D eigenvalue weighted by Gasteiger charge is -2.34. The van der Waals surface area contributed by atoms with Crippen LogP contribution in [0.2, 0.25) is 0 Å². The van der Waals surface area contributed by atoms with Crippen molar-refractivity contribution in [3.05, 3.63) is 70.3 Å². The molecule has 1 fully saturated rings. The molecule has 1 aliphatic carbocycles. The Labute approximate surface area is 201 Å². The van der Waals surface area contributed by atoms with E-state index in [4.69, 9.17) is 9.72 Å². The first kappa shape index (κ1) is 24.1. The number of fused-ring (bicyclic) bond motifs is 1. The molecule has 6 nitrogen and oxygen atoms in total. The van der Waals surface area contributed by atoms with E-state index in [0.29, 0.717) is 29.9 Å². The topological polar surface area (TPSA) is 64.4 Å². The van der Waals surface area contributed by atoms with Crippen molar-refractivity contribution < 1.29 is 9.53 Å². The molecule has 180 valence electrons. The van der Waals surface area contributed by atoms with Crippen LogP contribution in [0.4, 0.5) is 0 Å². The largest absolute Gasteiger partial charge is 0.383 e. The van der Waals surface area contributed by atoms with Crippen molar-refractivity contribution in [2.75, 3.05) is 20.3 Å². The number of carbonyl (C=O) groups is 1. The van der Waals surface area contributed by atoms with E-state index in [2.05, 4.69) is 6.92 Å². The zero-order valence-corrected chi connectivity index (χ0v) is 20.5. The fraction of sp³-hybridized carbons (Fsp3) is 0.464. The van der Waals surface area contributed by atoms with Gasteiger partial charge in [-0.05, 0) is 49.9 Å². The molecule has 4 rings (SSSR count). The summed E-state index contributed by atoms with van der Waals surface area (Å²) in [6.07, 6.45) is 6.00. The van der Waals surface area contributed by atoms with Crippen molar-refractivity contribution in [1.82, 2.24) is 14.5 Å². The van der Waals surface area contributed by atoms with Crippen LogP contribution in [0.25, 0.3) is 16.6 Å². The summed E-state index contributed by atoms with van der Waals surface area (Å²) in [4.78, 5) is 34.4. The smallest absolute Gasteiger partial charge is 0.266 e. The Bertz CT molecular complexity index is 1200. The van der Waals surface area contributed by atoms with Crippen molar-refractivity contribution in [3.63, 3.8) is 0 Å². The van der Waals surface area contributed by atoms with Crippen LogP contribution in [-0.2, 0) is 16.0 Å². The second-order valence-electron chi connectivity index (χ2n) is 9.15. The fourth-order valence-corrected chi connectivity index (χ4v) is 5.10. The van der Waals surface area contributed by atoms with Crippen LogP contribution < -0.4 is 5.56 Å². The number of aryl methyl sites for hydroxylation is 1. The van der Waals surface area contributed by atoms with Gasteiger partial charge in [0.15, 0.2) is 0 Å². The van der Waals surface area contributed by atoms with Gasteiger partial charge in [-0.2, -0.15) is 0 Å². The van der Waals surface area contributed by atoms with Crippen molar-refractivity contribution >= 4 is 16.8 Å². The lowest BCUT2D eigenvalue weighted by atomic mass is 9.88. The molecule has 1 heterocycles. The highest BCUT2D eigenvalue weighted by atomic mass is 16.5. The number of amides is 1. The summed E-state index contributed by atoms with van der Waals surface area (Å²) in [5.41, 5.74) is 2.44. The summed E-state index contributed by atoms with van der Waals surface area (Å²) >= 11 is 0. The third-order valence-corrected chi connectivity index (χ3v) is 7.03. The number of rotatable bonds is 8.